The normalized spacial score (nSPS) is 17.2. The predicted octanol–water partition coefficient (Wildman–Crippen LogP) is 3.64. The highest BCUT2D eigenvalue weighted by Gasteiger charge is 2.19. The molecule has 1 fully saturated rings. The molecule has 6 heteroatoms. The van der Waals surface area contributed by atoms with E-state index < -0.39 is 6.10 Å². The summed E-state index contributed by atoms with van der Waals surface area (Å²) in [5.74, 6) is 1.51. The van der Waals surface area contributed by atoms with Gasteiger partial charge in [-0.1, -0.05) is 36.4 Å². The standard InChI is InChI=1S/C23H34N4OS/c1-2-24-23(25-13-10-22(28)20-7-4-3-5-8-20)26-17-19-11-14-27(15-12-19)18-21-9-6-16-29-21/h3-9,16,19,22,28H,2,10-15,17-18H2,1H3,(H2,24,25,26). The minimum atomic E-state index is -0.445. The second kappa shape index (κ2) is 12.0. The van der Waals surface area contributed by atoms with Gasteiger partial charge in [-0.2, -0.15) is 0 Å². The van der Waals surface area contributed by atoms with Gasteiger partial charge in [0, 0.05) is 31.1 Å². The molecule has 1 aliphatic rings. The summed E-state index contributed by atoms with van der Waals surface area (Å²) in [6.45, 7) is 7.88. The van der Waals surface area contributed by atoms with Gasteiger partial charge in [-0.15, -0.1) is 11.3 Å². The van der Waals surface area contributed by atoms with Gasteiger partial charge in [0.25, 0.3) is 0 Å². The van der Waals surface area contributed by atoms with E-state index in [0.717, 1.165) is 44.2 Å². The van der Waals surface area contributed by atoms with E-state index in [1.54, 1.807) is 0 Å². The van der Waals surface area contributed by atoms with Crippen molar-refractivity contribution in [3.8, 4) is 0 Å². The maximum absolute atomic E-state index is 10.3. The van der Waals surface area contributed by atoms with Crippen LogP contribution in [-0.4, -0.2) is 48.7 Å². The van der Waals surface area contributed by atoms with Gasteiger partial charge in [-0.25, -0.2) is 0 Å². The van der Waals surface area contributed by atoms with Crippen molar-refractivity contribution >= 4 is 17.3 Å². The summed E-state index contributed by atoms with van der Waals surface area (Å²) in [5.41, 5.74) is 0.963. The monoisotopic (exact) mass is 414 g/mol. The average Bonchev–Trinajstić information content (AvgIpc) is 3.26. The number of aliphatic hydroxyl groups is 1. The molecule has 3 rings (SSSR count). The Morgan fingerprint density at radius 1 is 1.17 bits per heavy atom. The van der Waals surface area contributed by atoms with E-state index in [-0.39, 0.29) is 0 Å². The van der Waals surface area contributed by atoms with Crippen molar-refractivity contribution in [1.29, 1.82) is 0 Å². The van der Waals surface area contributed by atoms with Gasteiger partial charge in [0.15, 0.2) is 5.96 Å². The zero-order valence-electron chi connectivity index (χ0n) is 17.4. The summed E-state index contributed by atoms with van der Waals surface area (Å²) in [6, 6.07) is 14.2. The highest BCUT2D eigenvalue weighted by atomic mass is 32.1. The van der Waals surface area contributed by atoms with Crippen molar-refractivity contribution in [2.45, 2.75) is 38.8 Å². The third-order valence-electron chi connectivity index (χ3n) is 5.41. The molecule has 29 heavy (non-hydrogen) atoms. The number of guanidine groups is 1. The first-order valence-electron chi connectivity index (χ1n) is 10.7. The van der Waals surface area contributed by atoms with Crippen LogP contribution in [0.2, 0.25) is 0 Å². The molecule has 2 aromatic rings. The third kappa shape index (κ3) is 7.46. The molecule has 1 aromatic heterocycles. The van der Waals surface area contributed by atoms with Crippen molar-refractivity contribution < 1.29 is 5.11 Å². The number of nitrogens with zero attached hydrogens (tertiary/aromatic N) is 2. The quantitative estimate of drug-likeness (QED) is 0.433. The molecule has 2 heterocycles. The molecule has 1 unspecified atom stereocenters. The van der Waals surface area contributed by atoms with Gasteiger partial charge in [0.1, 0.15) is 0 Å². The number of hydrogen-bond acceptors (Lipinski definition) is 4. The van der Waals surface area contributed by atoms with Crippen molar-refractivity contribution in [2.75, 3.05) is 32.7 Å². The lowest BCUT2D eigenvalue weighted by molar-refractivity contribution is 0.168. The second-order valence-electron chi connectivity index (χ2n) is 7.66. The fourth-order valence-electron chi connectivity index (χ4n) is 3.68. The molecule has 1 aromatic carbocycles. The molecule has 3 N–H and O–H groups in total. The number of likely N-dealkylation sites (tertiary alicyclic amines) is 1. The van der Waals surface area contributed by atoms with Crippen molar-refractivity contribution in [3.63, 3.8) is 0 Å². The Labute approximate surface area is 178 Å². The minimum absolute atomic E-state index is 0.445. The van der Waals surface area contributed by atoms with E-state index in [1.165, 1.54) is 17.7 Å². The summed E-state index contributed by atoms with van der Waals surface area (Å²) in [7, 11) is 0. The van der Waals surface area contributed by atoms with E-state index in [4.69, 9.17) is 4.99 Å². The Hall–Kier alpha value is -1.89. The first-order chi connectivity index (χ1) is 14.2. The molecule has 0 saturated carbocycles. The van der Waals surface area contributed by atoms with Gasteiger partial charge in [0.05, 0.1) is 6.10 Å². The van der Waals surface area contributed by atoms with Crippen LogP contribution in [0.1, 0.15) is 42.7 Å². The largest absolute Gasteiger partial charge is 0.388 e. The Balaban J connectivity index is 1.38. The van der Waals surface area contributed by atoms with Crippen molar-refractivity contribution in [1.82, 2.24) is 15.5 Å². The number of nitrogens with one attached hydrogen (secondary N) is 2. The van der Waals surface area contributed by atoms with Crippen LogP contribution in [0.25, 0.3) is 0 Å². The summed E-state index contributed by atoms with van der Waals surface area (Å²) in [5, 5.41) is 19.2. The number of aliphatic hydroxyl groups excluding tert-OH is 1. The van der Waals surface area contributed by atoms with Gasteiger partial charge in [-0.3, -0.25) is 9.89 Å². The van der Waals surface area contributed by atoms with Crippen LogP contribution in [0.5, 0.6) is 0 Å². The molecule has 5 nitrogen and oxygen atoms in total. The van der Waals surface area contributed by atoms with Crippen LogP contribution in [0.4, 0.5) is 0 Å². The number of aliphatic imine (C=N–C) groups is 1. The van der Waals surface area contributed by atoms with Crippen LogP contribution in [0, 0.1) is 5.92 Å². The van der Waals surface area contributed by atoms with Crippen LogP contribution in [-0.2, 0) is 6.54 Å². The van der Waals surface area contributed by atoms with Gasteiger partial charge in [-0.05, 0) is 62.2 Å². The Morgan fingerprint density at radius 3 is 2.66 bits per heavy atom. The molecular formula is C23H34N4OS. The van der Waals surface area contributed by atoms with Crippen LogP contribution in [0.3, 0.4) is 0 Å². The average molecular weight is 415 g/mol. The number of hydrogen-bond donors (Lipinski definition) is 3. The van der Waals surface area contributed by atoms with Gasteiger partial charge >= 0.3 is 0 Å². The Morgan fingerprint density at radius 2 is 1.97 bits per heavy atom. The molecular weight excluding hydrogens is 380 g/mol. The summed E-state index contributed by atoms with van der Waals surface area (Å²) in [6.07, 6.45) is 2.64. The van der Waals surface area contributed by atoms with Crippen molar-refractivity contribution in [3.05, 3.63) is 58.3 Å². The smallest absolute Gasteiger partial charge is 0.191 e. The lowest BCUT2D eigenvalue weighted by Crippen LogP contribution is -2.39. The minimum Gasteiger partial charge on any atom is -0.388 e. The Kier molecular flexibility index (Phi) is 8.99. The highest BCUT2D eigenvalue weighted by Crippen LogP contribution is 2.21. The van der Waals surface area contributed by atoms with E-state index in [2.05, 4.69) is 40.0 Å². The van der Waals surface area contributed by atoms with Crippen LogP contribution >= 0.6 is 11.3 Å². The highest BCUT2D eigenvalue weighted by molar-refractivity contribution is 7.09. The molecule has 0 radical (unpaired) electrons. The number of piperidine rings is 1. The van der Waals surface area contributed by atoms with E-state index in [0.29, 0.717) is 18.9 Å². The molecule has 158 valence electrons. The van der Waals surface area contributed by atoms with E-state index >= 15 is 0 Å². The topological polar surface area (TPSA) is 59.9 Å². The first-order valence-corrected chi connectivity index (χ1v) is 11.6. The number of rotatable bonds is 9. The van der Waals surface area contributed by atoms with Gasteiger partial charge in [0.2, 0.25) is 0 Å². The molecule has 1 atom stereocenters. The maximum atomic E-state index is 10.3. The molecule has 0 aliphatic carbocycles. The molecule has 0 amide bonds. The van der Waals surface area contributed by atoms with Crippen LogP contribution < -0.4 is 10.6 Å². The molecule has 0 bridgehead atoms. The predicted molar refractivity (Wildman–Crippen MR) is 122 cm³/mol. The van der Waals surface area contributed by atoms with Crippen molar-refractivity contribution in [2.24, 2.45) is 10.9 Å². The molecule has 0 spiro atoms. The maximum Gasteiger partial charge on any atom is 0.191 e. The number of thiophene rings is 1. The third-order valence-corrected chi connectivity index (χ3v) is 6.27. The first kappa shape index (κ1) is 21.8. The van der Waals surface area contributed by atoms with Crippen LogP contribution in [0.15, 0.2) is 52.8 Å². The Bertz CT molecular complexity index is 712. The van der Waals surface area contributed by atoms with E-state index in [9.17, 15) is 5.11 Å². The summed E-state index contributed by atoms with van der Waals surface area (Å²) in [4.78, 5) is 8.82. The molecule has 1 aliphatic heterocycles. The molecule has 1 saturated heterocycles. The second-order valence-corrected chi connectivity index (χ2v) is 8.69. The number of benzene rings is 1. The summed E-state index contributed by atoms with van der Waals surface area (Å²) < 4.78 is 0. The summed E-state index contributed by atoms with van der Waals surface area (Å²) >= 11 is 1.85. The fourth-order valence-corrected chi connectivity index (χ4v) is 4.43. The lowest BCUT2D eigenvalue weighted by Gasteiger charge is -2.31. The van der Waals surface area contributed by atoms with E-state index in [1.807, 2.05) is 41.7 Å². The fraction of sp³-hybridized carbons (Fsp3) is 0.522. The van der Waals surface area contributed by atoms with Gasteiger partial charge < -0.3 is 15.7 Å². The zero-order chi connectivity index (χ0) is 20.3. The zero-order valence-corrected chi connectivity index (χ0v) is 18.2. The SMILES string of the molecule is CCNC(=NCC1CCN(Cc2cccs2)CC1)NCCC(O)c1ccccc1. The lowest BCUT2D eigenvalue weighted by atomic mass is 9.97.